The molecule has 0 aromatic carbocycles. The van der Waals surface area contributed by atoms with Gasteiger partial charge in [-0.1, -0.05) is 20.3 Å². The Kier molecular flexibility index (Phi) is 7.51. The maximum absolute atomic E-state index is 12.2. The van der Waals surface area contributed by atoms with Gasteiger partial charge in [0, 0.05) is 12.8 Å². The van der Waals surface area contributed by atoms with Gasteiger partial charge in [-0.2, -0.15) is 11.8 Å². The topological polar surface area (TPSA) is 72.8 Å². The molecule has 0 aliphatic carbocycles. The summed E-state index contributed by atoms with van der Waals surface area (Å²) in [5, 5.41) is 11.3. The summed E-state index contributed by atoms with van der Waals surface area (Å²) in [7, 11) is 1.38. The van der Waals surface area contributed by atoms with Crippen LogP contribution >= 0.6 is 11.8 Å². The summed E-state index contributed by atoms with van der Waals surface area (Å²) in [4.78, 5) is 28.5. The Morgan fingerprint density at radius 3 is 2.50 bits per heavy atom. The van der Waals surface area contributed by atoms with E-state index in [9.17, 15) is 14.7 Å². The van der Waals surface area contributed by atoms with E-state index in [2.05, 4.69) is 4.99 Å². The molecule has 0 aromatic rings. The number of amides is 2. The third kappa shape index (κ3) is 3.29. The van der Waals surface area contributed by atoms with E-state index < -0.39 is 23.3 Å². The number of carbonyl (C=O) groups excluding carboxylic acids is 2. The average molecular weight is 280 g/mol. The van der Waals surface area contributed by atoms with Gasteiger partial charge in [0.15, 0.2) is 0 Å². The minimum atomic E-state index is -1.13. The van der Waals surface area contributed by atoms with Crippen molar-refractivity contribution in [1.82, 2.24) is 4.90 Å². The normalized spacial score (nSPS) is 23.7. The second kappa shape index (κ2) is 7.53. The third-order valence-corrected chi connectivity index (χ3v) is 3.94. The van der Waals surface area contributed by atoms with Crippen molar-refractivity contribution in [3.63, 3.8) is 0 Å². The van der Waals surface area contributed by atoms with Gasteiger partial charge in [-0.05, 0) is 12.2 Å². The van der Waals surface area contributed by atoms with Crippen LogP contribution in [0.1, 0.15) is 26.7 Å². The first-order chi connectivity index (χ1) is 7.99. The minimum absolute atomic E-state index is 0. The summed E-state index contributed by atoms with van der Waals surface area (Å²) in [6, 6.07) is -0.756. The van der Waals surface area contributed by atoms with Crippen molar-refractivity contribution in [2.24, 2.45) is 10.4 Å². The summed E-state index contributed by atoms with van der Waals surface area (Å²) in [5.41, 5.74) is -1.13. The number of aliphatic imine (C=N–C) groups is 1. The van der Waals surface area contributed by atoms with E-state index in [1.54, 1.807) is 0 Å². The largest absolute Gasteiger partial charge is 1.00 e. The van der Waals surface area contributed by atoms with Gasteiger partial charge in [0.05, 0.1) is 6.02 Å². The van der Waals surface area contributed by atoms with Crippen LogP contribution in [0.15, 0.2) is 4.99 Å². The van der Waals surface area contributed by atoms with Crippen LogP contribution in [0.4, 0.5) is 0 Å². The zero-order valence-corrected chi connectivity index (χ0v) is 14.2. The van der Waals surface area contributed by atoms with Crippen molar-refractivity contribution in [1.29, 1.82) is 0 Å². The van der Waals surface area contributed by atoms with Crippen LogP contribution in [0, 0.1) is 5.41 Å². The second-order valence-corrected chi connectivity index (χ2v) is 5.31. The summed E-state index contributed by atoms with van der Waals surface area (Å²) >= 11 is 1.52. The van der Waals surface area contributed by atoms with Crippen molar-refractivity contribution >= 4 is 29.6 Å². The van der Waals surface area contributed by atoms with E-state index in [1.165, 1.54) is 18.8 Å². The maximum atomic E-state index is 12.2. The number of amidine groups is 1. The number of hydrogen-bond acceptors (Lipinski definition) is 4. The van der Waals surface area contributed by atoms with Crippen LogP contribution in [-0.2, 0) is 9.59 Å². The predicted octanol–water partition coefficient (Wildman–Crippen LogP) is -2.76. The van der Waals surface area contributed by atoms with Crippen molar-refractivity contribution in [3.05, 3.63) is 0 Å². The molecule has 1 unspecified atom stereocenters. The van der Waals surface area contributed by atoms with E-state index in [0.717, 1.165) is 10.7 Å². The zero-order valence-electron chi connectivity index (χ0n) is 11.4. The molecule has 18 heavy (non-hydrogen) atoms. The van der Waals surface area contributed by atoms with E-state index in [-0.39, 0.29) is 29.6 Å². The van der Waals surface area contributed by atoms with Crippen LogP contribution in [0.5, 0.6) is 0 Å². The minimum Gasteiger partial charge on any atom is -0.846 e. The first-order valence-electron chi connectivity index (χ1n) is 5.65. The molecule has 0 radical (unpaired) electrons. The van der Waals surface area contributed by atoms with E-state index in [0.29, 0.717) is 18.6 Å². The molecule has 0 fully saturated rings. The predicted molar refractivity (Wildman–Crippen MR) is 65.6 cm³/mol. The van der Waals surface area contributed by atoms with Gasteiger partial charge < -0.3 is 10.0 Å². The Morgan fingerprint density at radius 1 is 1.39 bits per heavy atom. The molecule has 5 nitrogen and oxygen atoms in total. The van der Waals surface area contributed by atoms with E-state index in [1.807, 2.05) is 13.8 Å². The number of thioether (sulfide) groups is 1. The Hall–Kier alpha value is -0.0400. The van der Waals surface area contributed by atoms with Gasteiger partial charge in [-0.25, -0.2) is 4.99 Å². The van der Waals surface area contributed by atoms with Gasteiger partial charge in [0.25, 0.3) is 5.91 Å². The second-order valence-electron chi connectivity index (χ2n) is 4.03. The van der Waals surface area contributed by atoms with Crippen molar-refractivity contribution in [3.8, 4) is 0 Å². The number of rotatable bonds is 5. The Balaban J connectivity index is 0.00000289. The summed E-state index contributed by atoms with van der Waals surface area (Å²) in [6.45, 7) is 3.88. The maximum Gasteiger partial charge on any atom is 1.00 e. The molecule has 0 N–H and O–H groups in total. The molecule has 1 atom stereocenters. The first-order valence-corrected chi connectivity index (χ1v) is 6.81. The molecule has 1 heterocycles. The molecule has 0 saturated heterocycles. The molecule has 0 saturated carbocycles. The third-order valence-electron chi connectivity index (χ3n) is 2.84. The molecular formula is C11H17N2NaO3S. The molecule has 1 aliphatic rings. The Labute approximate surface area is 134 Å². The fraction of sp³-hybridized carbons (Fsp3) is 0.727. The van der Waals surface area contributed by atoms with Crippen molar-refractivity contribution < 1.29 is 44.3 Å². The van der Waals surface area contributed by atoms with Gasteiger partial charge in [0.1, 0.15) is 5.41 Å². The summed E-state index contributed by atoms with van der Waals surface area (Å²) in [5.74, 6) is 0.235. The number of nitrogens with zero attached hydrogens (tertiary/aromatic N) is 2. The van der Waals surface area contributed by atoms with Crippen LogP contribution < -0.4 is 34.7 Å². The fourth-order valence-electron chi connectivity index (χ4n) is 1.88. The quantitative estimate of drug-likeness (QED) is 0.404. The Bertz CT molecular complexity index is 362. The van der Waals surface area contributed by atoms with Crippen LogP contribution in [0.25, 0.3) is 0 Å². The molecule has 2 amide bonds. The van der Waals surface area contributed by atoms with Crippen LogP contribution in [0.2, 0.25) is 0 Å². The zero-order chi connectivity index (χ0) is 13.1. The monoisotopic (exact) mass is 280 g/mol. The van der Waals surface area contributed by atoms with E-state index >= 15 is 0 Å². The smallest absolute Gasteiger partial charge is 0.846 e. The molecule has 0 spiro atoms. The van der Waals surface area contributed by atoms with Crippen molar-refractivity contribution in [2.45, 2.75) is 26.7 Å². The standard InChI is InChI=1S/C11H18N2O3S.Na/c1-4-6-11(7-17-5-2)8(14)12-10(16)13(3)9(11)15;/h4-7H2,1-3H3,(H,12,14,16);/q;+1/p-1. The summed E-state index contributed by atoms with van der Waals surface area (Å²) < 4.78 is 0. The Morgan fingerprint density at radius 2 is 2.00 bits per heavy atom. The molecule has 1 aliphatic heterocycles. The molecular weight excluding hydrogens is 263 g/mol. The molecule has 96 valence electrons. The van der Waals surface area contributed by atoms with Crippen LogP contribution in [-0.4, -0.2) is 41.3 Å². The van der Waals surface area contributed by atoms with Crippen molar-refractivity contribution in [2.75, 3.05) is 18.6 Å². The molecule has 0 aromatic heterocycles. The SMILES string of the molecule is CCCC1(CSCC)C(=O)N=C([O-])N(C)C1=O.[Na+]. The van der Waals surface area contributed by atoms with E-state index in [4.69, 9.17) is 0 Å². The average Bonchev–Trinajstić information content (AvgIpc) is 2.30. The van der Waals surface area contributed by atoms with Gasteiger partial charge in [-0.15, -0.1) is 0 Å². The molecule has 0 bridgehead atoms. The van der Waals surface area contributed by atoms with Gasteiger partial charge >= 0.3 is 29.6 Å². The number of carbonyl (C=O) groups is 2. The molecule has 1 rings (SSSR count). The van der Waals surface area contributed by atoms with Gasteiger partial charge in [0.2, 0.25) is 5.91 Å². The van der Waals surface area contributed by atoms with Crippen LogP contribution in [0.3, 0.4) is 0 Å². The number of hydrogen-bond donors (Lipinski definition) is 0. The molecule has 7 heteroatoms. The fourth-order valence-corrected chi connectivity index (χ4v) is 2.82. The summed E-state index contributed by atoms with van der Waals surface area (Å²) in [6.07, 6.45) is 1.15. The first kappa shape index (κ1) is 18.0. The van der Waals surface area contributed by atoms with Gasteiger partial charge in [-0.3, -0.25) is 9.59 Å².